The smallest absolute Gasteiger partial charge is 0.243 e. The van der Waals surface area contributed by atoms with Gasteiger partial charge in [0.1, 0.15) is 0 Å². The van der Waals surface area contributed by atoms with Crippen LogP contribution in [0.3, 0.4) is 0 Å². The quantitative estimate of drug-likeness (QED) is 0.872. The van der Waals surface area contributed by atoms with E-state index in [1.807, 2.05) is 0 Å². The van der Waals surface area contributed by atoms with E-state index in [0.29, 0.717) is 12.4 Å². The van der Waals surface area contributed by atoms with E-state index in [2.05, 4.69) is 42.7 Å². The summed E-state index contributed by atoms with van der Waals surface area (Å²) in [5, 5.41) is 13.7. The molecular formula is C13H23N3O2. The SMILES string of the molecule is C[C@@H](c1nc(C(C)(C)C)no1)N1CCC[C@H](O)C1. The van der Waals surface area contributed by atoms with E-state index in [4.69, 9.17) is 4.52 Å². The minimum absolute atomic E-state index is 0.0727. The van der Waals surface area contributed by atoms with Crippen LogP contribution in [0.5, 0.6) is 0 Å². The maximum absolute atomic E-state index is 9.70. The summed E-state index contributed by atoms with van der Waals surface area (Å²) >= 11 is 0. The number of likely N-dealkylation sites (tertiary alicyclic amines) is 1. The highest BCUT2D eigenvalue weighted by Crippen LogP contribution is 2.25. The van der Waals surface area contributed by atoms with Gasteiger partial charge in [-0.1, -0.05) is 25.9 Å². The van der Waals surface area contributed by atoms with E-state index in [-0.39, 0.29) is 17.6 Å². The van der Waals surface area contributed by atoms with Gasteiger partial charge < -0.3 is 9.63 Å². The molecule has 2 rings (SSSR count). The number of hydrogen-bond donors (Lipinski definition) is 1. The lowest BCUT2D eigenvalue weighted by Gasteiger charge is -2.32. The van der Waals surface area contributed by atoms with Crippen LogP contribution in [0.2, 0.25) is 0 Å². The monoisotopic (exact) mass is 253 g/mol. The molecule has 0 unspecified atom stereocenters. The fraction of sp³-hybridized carbons (Fsp3) is 0.846. The van der Waals surface area contributed by atoms with E-state index in [0.717, 1.165) is 25.2 Å². The highest BCUT2D eigenvalue weighted by molar-refractivity contribution is 5.02. The first kappa shape index (κ1) is 13.5. The van der Waals surface area contributed by atoms with E-state index in [1.54, 1.807) is 0 Å². The molecule has 0 amide bonds. The molecule has 1 N–H and O–H groups in total. The predicted molar refractivity (Wildman–Crippen MR) is 68.2 cm³/mol. The maximum atomic E-state index is 9.70. The maximum Gasteiger partial charge on any atom is 0.243 e. The third-order valence-electron chi connectivity index (χ3n) is 3.45. The summed E-state index contributed by atoms with van der Waals surface area (Å²) in [5.41, 5.74) is -0.0944. The molecular weight excluding hydrogens is 230 g/mol. The van der Waals surface area contributed by atoms with Gasteiger partial charge in [-0.3, -0.25) is 4.90 Å². The summed E-state index contributed by atoms with van der Waals surface area (Å²) in [5.74, 6) is 1.39. The fourth-order valence-corrected chi connectivity index (χ4v) is 2.20. The number of hydrogen-bond acceptors (Lipinski definition) is 5. The second kappa shape index (κ2) is 4.97. The third kappa shape index (κ3) is 2.90. The highest BCUT2D eigenvalue weighted by atomic mass is 16.5. The van der Waals surface area contributed by atoms with Gasteiger partial charge in [0.25, 0.3) is 0 Å². The number of β-amino-alcohol motifs (C(OH)–C–C–N with tert-alkyl or cyclic N) is 1. The van der Waals surface area contributed by atoms with Crippen molar-refractivity contribution in [1.82, 2.24) is 15.0 Å². The van der Waals surface area contributed by atoms with Crippen molar-refractivity contribution >= 4 is 0 Å². The molecule has 0 saturated carbocycles. The molecule has 0 spiro atoms. The second-order valence-electron chi connectivity index (χ2n) is 6.17. The van der Waals surface area contributed by atoms with Gasteiger partial charge in [0.2, 0.25) is 5.89 Å². The number of aromatic nitrogens is 2. The van der Waals surface area contributed by atoms with Gasteiger partial charge in [-0.2, -0.15) is 4.98 Å². The molecule has 1 saturated heterocycles. The molecule has 102 valence electrons. The van der Waals surface area contributed by atoms with Crippen molar-refractivity contribution in [1.29, 1.82) is 0 Å². The van der Waals surface area contributed by atoms with Crippen molar-refractivity contribution in [2.45, 2.75) is 58.1 Å². The summed E-state index contributed by atoms with van der Waals surface area (Å²) in [6.07, 6.45) is 1.68. The van der Waals surface area contributed by atoms with E-state index in [1.165, 1.54) is 0 Å². The molecule has 5 heteroatoms. The lowest BCUT2D eigenvalue weighted by atomic mass is 9.96. The van der Waals surface area contributed by atoms with Crippen LogP contribution in [0.4, 0.5) is 0 Å². The van der Waals surface area contributed by atoms with Crippen molar-refractivity contribution < 1.29 is 9.63 Å². The van der Waals surface area contributed by atoms with Gasteiger partial charge in [0.05, 0.1) is 12.1 Å². The van der Waals surface area contributed by atoms with Gasteiger partial charge in [-0.05, 0) is 26.3 Å². The molecule has 1 aromatic rings. The molecule has 2 heterocycles. The van der Waals surface area contributed by atoms with Gasteiger partial charge in [0.15, 0.2) is 5.82 Å². The molecule has 0 bridgehead atoms. The fourth-order valence-electron chi connectivity index (χ4n) is 2.20. The Balaban J connectivity index is 2.09. The van der Waals surface area contributed by atoms with Crippen molar-refractivity contribution in [3.63, 3.8) is 0 Å². The minimum atomic E-state index is -0.230. The lowest BCUT2D eigenvalue weighted by molar-refractivity contribution is 0.0422. The highest BCUT2D eigenvalue weighted by Gasteiger charge is 2.28. The van der Waals surface area contributed by atoms with Crippen LogP contribution in [-0.2, 0) is 5.41 Å². The molecule has 1 aliphatic rings. The number of piperidine rings is 1. The first-order valence-electron chi connectivity index (χ1n) is 6.64. The summed E-state index contributed by atoms with van der Waals surface area (Å²) in [6, 6.07) is 0.0727. The molecule has 1 aliphatic heterocycles. The standard InChI is InChI=1S/C13H23N3O2/c1-9(16-7-5-6-10(17)8-16)11-14-12(15-18-11)13(2,3)4/h9-10,17H,5-8H2,1-4H3/t9-,10-/m0/s1. The van der Waals surface area contributed by atoms with Crippen LogP contribution in [0.25, 0.3) is 0 Å². The van der Waals surface area contributed by atoms with Crippen LogP contribution in [-0.4, -0.2) is 39.3 Å². The minimum Gasteiger partial charge on any atom is -0.392 e. The largest absolute Gasteiger partial charge is 0.392 e. The average molecular weight is 253 g/mol. The Hall–Kier alpha value is -0.940. The van der Waals surface area contributed by atoms with E-state index in [9.17, 15) is 5.11 Å². The Morgan fingerprint density at radius 1 is 1.44 bits per heavy atom. The Labute approximate surface area is 108 Å². The van der Waals surface area contributed by atoms with Crippen LogP contribution in [0, 0.1) is 0 Å². The summed E-state index contributed by atoms with van der Waals surface area (Å²) in [4.78, 5) is 6.68. The zero-order valence-electron chi connectivity index (χ0n) is 11.7. The Kier molecular flexibility index (Phi) is 3.73. The molecule has 0 aromatic carbocycles. The average Bonchev–Trinajstić information content (AvgIpc) is 2.77. The number of aliphatic hydroxyl groups excluding tert-OH is 1. The van der Waals surface area contributed by atoms with Crippen molar-refractivity contribution in [2.75, 3.05) is 13.1 Å². The number of rotatable bonds is 2. The normalized spacial score (nSPS) is 24.2. The van der Waals surface area contributed by atoms with Crippen LogP contribution in [0.15, 0.2) is 4.52 Å². The second-order valence-corrected chi connectivity index (χ2v) is 6.17. The van der Waals surface area contributed by atoms with E-state index < -0.39 is 0 Å². The molecule has 5 nitrogen and oxygen atoms in total. The molecule has 1 fully saturated rings. The molecule has 0 radical (unpaired) electrons. The van der Waals surface area contributed by atoms with Gasteiger partial charge in [0, 0.05) is 12.0 Å². The zero-order chi connectivity index (χ0) is 13.3. The summed E-state index contributed by atoms with van der Waals surface area (Å²) in [7, 11) is 0. The topological polar surface area (TPSA) is 62.4 Å². The van der Waals surface area contributed by atoms with Gasteiger partial charge in [-0.25, -0.2) is 0 Å². The number of aliphatic hydroxyl groups is 1. The van der Waals surface area contributed by atoms with Crippen LogP contribution < -0.4 is 0 Å². The van der Waals surface area contributed by atoms with Gasteiger partial charge >= 0.3 is 0 Å². The Morgan fingerprint density at radius 2 is 2.17 bits per heavy atom. The lowest BCUT2D eigenvalue weighted by Crippen LogP contribution is -2.39. The van der Waals surface area contributed by atoms with E-state index >= 15 is 0 Å². The first-order valence-corrected chi connectivity index (χ1v) is 6.64. The first-order chi connectivity index (χ1) is 8.38. The zero-order valence-corrected chi connectivity index (χ0v) is 11.7. The third-order valence-corrected chi connectivity index (χ3v) is 3.45. The Morgan fingerprint density at radius 3 is 2.72 bits per heavy atom. The summed E-state index contributed by atoms with van der Waals surface area (Å²) < 4.78 is 5.36. The van der Waals surface area contributed by atoms with Crippen molar-refractivity contribution in [3.05, 3.63) is 11.7 Å². The van der Waals surface area contributed by atoms with Crippen LogP contribution >= 0.6 is 0 Å². The summed E-state index contributed by atoms with van der Waals surface area (Å²) in [6.45, 7) is 9.92. The number of nitrogens with zero attached hydrogens (tertiary/aromatic N) is 3. The van der Waals surface area contributed by atoms with Crippen molar-refractivity contribution in [3.8, 4) is 0 Å². The molecule has 0 aliphatic carbocycles. The Bertz CT molecular complexity index is 397. The predicted octanol–water partition coefficient (Wildman–Crippen LogP) is 1.88. The van der Waals surface area contributed by atoms with Gasteiger partial charge in [-0.15, -0.1) is 0 Å². The van der Waals surface area contributed by atoms with Crippen molar-refractivity contribution in [2.24, 2.45) is 0 Å². The molecule has 18 heavy (non-hydrogen) atoms. The molecule has 1 aromatic heterocycles. The molecule has 2 atom stereocenters. The van der Waals surface area contributed by atoms with Crippen LogP contribution in [0.1, 0.15) is 58.3 Å².